The Balaban J connectivity index is 1.32. The Morgan fingerprint density at radius 1 is 1.18 bits per heavy atom. The summed E-state index contributed by atoms with van der Waals surface area (Å²) in [6.07, 6.45) is 6.26. The maximum atomic E-state index is 12.9. The summed E-state index contributed by atoms with van der Waals surface area (Å²) in [6.45, 7) is 8.94. The summed E-state index contributed by atoms with van der Waals surface area (Å²) in [4.78, 5) is 14.9. The highest BCUT2D eigenvalue weighted by atomic mass is 16.5. The quantitative estimate of drug-likeness (QED) is 0.563. The predicted octanol–water partition coefficient (Wildman–Crippen LogP) is 0.714. The number of fused-ring (bicyclic) bond motifs is 1. The highest BCUT2D eigenvalue weighted by Crippen LogP contribution is 2.35. The molecular weight excluding hydrogens is 358 g/mol. The molecule has 0 aromatic carbocycles. The minimum absolute atomic E-state index is 0.0258. The van der Waals surface area contributed by atoms with Crippen molar-refractivity contribution < 1.29 is 14.3 Å². The summed E-state index contributed by atoms with van der Waals surface area (Å²) in [5.41, 5.74) is 0.924. The van der Waals surface area contributed by atoms with E-state index >= 15 is 0 Å². The molecular formula is C20H35N5O3. The number of hydrogen-bond donors (Lipinski definition) is 4. The van der Waals surface area contributed by atoms with E-state index in [1.165, 1.54) is 5.57 Å². The van der Waals surface area contributed by atoms with Crippen molar-refractivity contribution in [1.29, 1.82) is 0 Å². The molecule has 0 spiro atoms. The Labute approximate surface area is 167 Å². The lowest BCUT2D eigenvalue weighted by molar-refractivity contribution is 0.0660. The van der Waals surface area contributed by atoms with Gasteiger partial charge in [-0.05, 0) is 51.0 Å². The fourth-order valence-electron chi connectivity index (χ4n) is 4.74. The minimum atomic E-state index is -0.311. The molecule has 0 aromatic rings. The van der Waals surface area contributed by atoms with Crippen molar-refractivity contribution in [3.05, 3.63) is 11.8 Å². The first kappa shape index (κ1) is 19.9. The number of carbonyl (C=O) groups excluding carboxylic acids is 1. The van der Waals surface area contributed by atoms with E-state index in [1.807, 2.05) is 4.90 Å². The van der Waals surface area contributed by atoms with E-state index in [0.717, 1.165) is 58.7 Å². The number of nitrogens with zero attached hydrogens (tertiary/aromatic N) is 1. The zero-order valence-electron chi connectivity index (χ0n) is 17.1. The summed E-state index contributed by atoms with van der Waals surface area (Å²) in [6, 6.07) is 0.659. The molecule has 0 bridgehead atoms. The second-order valence-corrected chi connectivity index (χ2v) is 8.88. The number of ether oxygens (including phenoxy) is 2. The van der Waals surface area contributed by atoms with Crippen LogP contribution in [0.4, 0.5) is 4.79 Å². The third kappa shape index (κ3) is 4.30. The molecule has 0 aliphatic carbocycles. The topological polar surface area (TPSA) is 86.9 Å². The predicted molar refractivity (Wildman–Crippen MR) is 107 cm³/mol. The van der Waals surface area contributed by atoms with Gasteiger partial charge >= 0.3 is 6.03 Å². The molecule has 158 valence electrons. The molecule has 2 unspecified atom stereocenters. The average Bonchev–Trinajstić information content (AvgIpc) is 2.98. The van der Waals surface area contributed by atoms with Crippen LogP contribution in [0.1, 0.15) is 39.5 Å². The fourth-order valence-corrected chi connectivity index (χ4v) is 4.74. The van der Waals surface area contributed by atoms with Crippen molar-refractivity contribution >= 4 is 6.03 Å². The summed E-state index contributed by atoms with van der Waals surface area (Å²) in [5.74, 6) is 0.526. The molecule has 0 aromatic heterocycles. The lowest BCUT2D eigenvalue weighted by Gasteiger charge is -2.36. The van der Waals surface area contributed by atoms with E-state index in [4.69, 9.17) is 9.47 Å². The summed E-state index contributed by atoms with van der Waals surface area (Å²) < 4.78 is 10.9. The Kier molecular flexibility index (Phi) is 6.10. The van der Waals surface area contributed by atoms with Gasteiger partial charge in [0.1, 0.15) is 6.29 Å². The fraction of sp³-hybridized carbons (Fsp3) is 0.850. The molecule has 4 aliphatic heterocycles. The first-order valence-corrected chi connectivity index (χ1v) is 10.7. The van der Waals surface area contributed by atoms with Crippen LogP contribution in [0.3, 0.4) is 0 Å². The molecule has 28 heavy (non-hydrogen) atoms. The van der Waals surface area contributed by atoms with Crippen LogP contribution >= 0.6 is 0 Å². The van der Waals surface area contributed by atoms with Crippen molar-refractivity contribution in [3.63, 3.8) is 0 Å². The van der Waals surface area contributed by atoms with E-state index < -0.39 is 0 Å². The van der Waals surface area contributed by atoms with Crippen LogP contribution in [0.15, 0.2) is 11.8 Å². The maximum Gasteiger partial charge on any atom is 0.318 e. The Morgan fingerprint density at radius 3 is 2.57 bits per heavy atom. The van der Waals surface area contributed by atoms with Crippen molar-refractivity contribution in [3.8, 4) is 0 Å². The molecule has 0 radical (unpaired) electrons. The molecule has 4 heterocycles. The Morgan fingerprint density at radius 2 is 1.86 bits per heavy atom. The molecule has 0 saturated carbocycles. The first-order chi connectivity index (χ1) is 13.5. The number of amides is 2. The second kappa shape index (κ2) is 8.57. The highest BCUT2D eigenvalue weighted by Gasteiger charge is 2.47. The number of urea groups is 1. The molecule has 4 rings (SSSR count). The number of carbonyl (C=O) groups is 1. The van der Waals surface area contributed by atoms with Crippen molar-refractivity contribution in [2.24, 2.45) is 5.92 Å². The van der Waals surface area contributed by atoms with Crippen LogP contribution < -0.4 is 21.3 Å². The molecule has 3 fully saturated rings. The zero-order valence-corrected chi connectivity index (χ0v) is 17.1. The smallest absolute Gasteiger partial charge is 0.318 e. The average molecular weight is 394 g/mol. The van der Waals surface area contributed by atoms with Crippen LogP contribution in [0.2, 0.25) is 0 Å². The van der Waals surface area contributed by atoms with Gasteiger partial charge in [-0.15, -0.1) is 0 Å². The highest BCUT2D eigenvalue weighted by molar-refractivity contribution is 5.77. The molecule has 8 nitrogen and oxygen atoms in total. The normalized spacial score (nSPS) is 31.1. The summed E-state index contributed by atoms with van der Waals surface area (Å²) >= 11 is 0. The van der Waals surface area contributed by atoms with Crippen LogP contribution in [0.5, 0.6) is 0 Å². The number of hydrogen-bond acceptors (Lipinski definition) is 6. The molecule has 3 saturated heterocycles. The van der Waals surface area contributed by atoms with Crippen molar-refractivity contribution in [2.45, 2.75) is 63.4 Å². The second-order valence-electron chi connectivity index (χ2n) is 8.88. The Bertz CT molecular complexity index is 584. The van der Waals surface area contributed by atoms with Gasteiger partial charge in [-0.25, -0.2) is 4.79 Å². The van der Waals surface area contributed by atoms with Gasteiger partial charge in [0.05, 0.1) is 11.6 Å². The monoisotopic (exact) mass is 393 g/mol. The van der Waals surface area contributed by atoms with E-state index in [1.54, 1.807) is 0 Å². The van der Waals surface area contributed by atoms with Gasteiger partial charge in [0, 0.05) is 51.8 Å². The largest absolute Gasteiger partial charge is 0.381 e. The molecule has 2 amide bonds. The summed E-state index contributed by atoms with van der Waals surface area (Å²) in [7, 11) is 0. The molecule has 8 heteroatoms. The maximum absolute atomic E-state index is 12.9. The van der Waals surface area contributed by atoms with Gasteiger partial charge < -0.3 is 25.0 Å². The molecule has 2 atom stereocenters. The van der Waals surface area contributed by atoms with Gasteiger partial charge in [-0.1, -0.05) is 0 Å². The van der Waals surface area contributed by atoms with Crippen molar-refractivity contribution in [2.75, 3.05) is 39.5 Å². The Hall–Kier alpha value is -1.35. The number of likely N-dealkylation sites (tertiary alicyclic amines) is 1. The van der Waals surface area contributed by atoms with Crippen LogP contribution in [-0.2, 0) is 9.47 Å². The third-order valence-electron chi connectivity index (χ3n) is 6.65. The van der Waals surface area contributed by atoms with Crippen molar-refractivity contribution in [1.82, 2.24) is 26.2 Å². The van der Waals surface area contributed by atoms with E-state index in [9.17, 15) is 4.79 Å². The molecule has 4 aliphatic rings. The van der Waals surface area contributed by atoms with Crippen LogP contribution in [0, 0.1) is 5.92 Å². The van der Waals surface area contributed by atoms with E-state index in [0.29, 0.717) is 18.5 Å². The standard InChI is InChI=1S/C20H35N5O3/c1-20(2)16-12-21-18(23-15-5-9-28-10-6-15)24-17(16)13-25(20)19(26)22-11-14-3-7-27-8-4-14/h12,14-15,17-18,21,23-24H,3-11,13H2,1-2H3,(H,22,26). The zero-order chi connectivity index (χ0) is 19.6. The number of nitrogens with one attached hydrogen (secondary N) is 4. The third-order valence-corrected chi connectivity index (χ3v) is 6.65. The van der Waals surface area contributed by atoms with Gasteiger partial charge in [0.25, 0.3) is 0 Å². The minimum Gasteiger partial charge on any atom is -0.381 e. The van der Waals surface area contributed by atoms with Crippen LogP contribution in [-0.4, -0.2) is 74.4 Å². The van der Waals surface area contributed by atoms with Crippen LogP contribution in [0.25, 0.3) is 0 Å². The van der Waals surface area contributed by atoms with Gasteiger partial charge in [-0.3, -0.25) is 10.6 Å². The summed E-state index contributed by atoms with van der Waals surface area (Å²) in [5, 5.41) is 13.9. The number of rotatable bonds is 4. The van der Waals surface area contributed by atoms with Gasteiger partial charge in [0.15, 0.2) is 0 Å². The SMILES string of the molecule is CC1(C)C2=CNC(NC3CCOCC3)NC2CN1C(=O)NCC1CCOCC1. The first-order valence-electron chi connectivity index (χ1n) is 10.7. The van der Waals surface area contributed by atoms with Gasteiger partial charge in [0.2, 0.25) is 0 Å². The molecule has 4 N–H and O–H groups in total. The lowest BCUT2D eigenvalue weighted by Crippen LogP contribution is -2.61. The van der Waals surface area contributed by atoms with E-state index in [2.05, 4.69) is 41.3 Å². The van der Waals surface area contributed by atoms with E-state index in [-0.39, 0.29) is 23.9 Å². The van der Waals surface area contributed by atoms with Gasteiger partial charge in [-0.2, -0.15) is 0 Å². The lowest BCUT2D eigenvalue weighted by atomic mass is 9.92.